The summed E-state index contributed by atoms with van der Waals surface area (Å²) in [6, 6.07) is 14.7. The number of nitrogens with zero attached hydrogens (tertiary/aromatic N) is 1. The van der Waals surface area contributed by atoms with Crippen molar-refractivity contribution in [2.75, 3.05) is 24.2 Å². The van der Waals surface area contributed by atoms with Gasteiger partial charge in [0.2, 0.25) is 5.91 Å². The van der Waals surface area contributed by atoms with Gasteiger partial charge in [-0.25, -0.2) is 4.79 Å². The van der Waals surface area contributed by atoms with Crippen LogP contribution < -0.4 is 10.6 Å². The monoisotopic (exact) mass is 311 g/mol. The standard InChI is InChI=1S/C18H21N3O2/c1-13-8-4-6-10-15(13)19-17(22)12-21(3)18(23)20-16-11-7-5-9-14(16)2/h4-11H,12H2,1-3H3,(H,19,22)(H,20,23). The number of urea groups is 1. The molecule has 0 aliphatic heterocycles. The highest BCUT2D eigenvalue weighted by Gasteiger charge is 2.14. The van der Waals surface area contributed by atoms with Gasteiger partial charge < -0.3 is 15.5 Å². The number of hydrogen-bond acceptors (Lipinski definition) is 2. The maximum Gasteiger partial charge on any atom is 0.322 e. The molecule has 0 aliphatic rings. The largest absolute Gasteiger partial charge is 0.324 e. The molecular formula is C18H21N3O2. The second kappa shape index (κ2) is 7.45. The quantitative estimate of drug-likeness (QED) is 0.909. The number of aryl methyl sites for hydroxylation is 2. The number of carbonyl (C=O) groups excluding carboxylic acids is 2. The fraction of sp³-hybridized carbons (Fsp3) is 0.222. The van der Waals surface area contributed by atoms with Gasteiger partial charge in [0, 0.05) is 18.4 Å². The Balaban J connectivity index is 1.92. The van der Waals surface area contributed by atoms with Gasteiger partial charge in [-0.2, -0.15) is 0 Å². The molecule has 0 bridgehead atoms. The Morgan fingerprint density at radius 1 is 0.870 bits per heavy atom. The minimum atomic E-state index is -0.320. The first-order chi connectivity index (χ1) is 11.0. The Bertz CT molecular complexity index is 713. The molecule has 0 fully saturated rings. The molecule has 2 rings (SSSR count). The highest BCUT2D eigenvalue weighted by Crippen LogP contribution is 2.14. The highest BCUT2D eigenvalue weighted by molar-refractivity contribution is 5.97. The van der Waals surface area contributed by atoms with Crippen molar-refractivity contribution < 1.29 is 9.59 Å². The van der Waals surface area contributed by atoms with E-state index in [0.717, 1.165) is 22.5 Å². The molecule has 23 heavy (non-hydrogen) atoms. The molecule has 2 aromatic rings. The van der Waals surface area contributed by atoms with Crippen LogP contribution in [-0.4, -0.2) is 30.4 Å². The van der Waals surface area contributed by atoms with E-state index in [1.807, 2.05) is 62.4 Å². The van der Waals surface area contributed by atoms with Gasteiger partial charge in [0.25, 0.3) is 0 Å². The van der Waals surface area contributed by atoms with E-state index in [4.69, 9.17) is 0 Å². The zero-order chi connectivity index (χ0) is 16.8. The molecule has 0 aliphatic carbocycles. The fourth-order valence-electron chi connectivity index (χ4n) is 2.11. The van der Waals surface area contributed by atoms with Gasteiger partial charge in [0.1, 0.15) is 6.54 Å². The zero-order valence-electron chi connectivity index (χ0n) is 13.6. The van der Waals surface area contributed by atoms with Gasteiger partial charge >= 0.3 is 6.03 Å². The lowest BCUT2D eigenvalue weighted by molar-refractivity contribution is -0.116. The Labute approximate surface area is 136 Å². The van der Waals surface area contributed by atoms with E-state index in [1.54, 1.807) is 7.05 Å². The third kappa shape index (κ3) is 4.57. The van der Waals surface area contributed by atoms with Crippen molar-refractivity contribution >= 4 is 23.3 Å². The van der Waals surface area contributed by atoms with Gasteiger partial charge in [-0.15, -0.1) is 0 Å². The van der Waals surface area contributed by atoms with Crippen molar-refractivity contribution in [1.29, 1.82) is 0 Å². The predicted molar refractivity (Wildman–Crippen MR) is 92.6 cm³/mol. The van der Waals surface area contributed by atoms with Crippen LogP contribution in [0.2, 0.25) is 0 Å². The second-order valence-corrected chi connectivity index (χ2v) is 5.46. The molecule has 3 amide bonds. The molecular weight excluding hydrogens is 290 g/mol. The molecule has 0 unspecified atom stereocenters. The Morgan fingerprint density at radius 3 is 1.87 bits per heavy atom. The van der Waals surface area contributed by atoms with Crippen LogP contribution >= 0.6 is 0 Å². The first-order valence-electron chi connectivity index (χ1n) is 7.40. The van der Waals surface area contributed by atoms with Crippen molar-refractivity contribution in [1.82, 2.24) is 4.90 Å². The Morgan fingerprint density at radius 2 is 1.35 bits per heavy atom. The van der Waals surface area contributed by atoms with Gasteiger partial charge in [-0.3, -0.25) is 4.79 Å². The van der Waals surface area contributed by atoms with Crippen LogP contribution in [0.4, 0.5) is 16.2 Å². The average molecular weight is 311 g/mol. The van der Waals surface area contributed by atoms with Crippen LogP contribution in [0.1, 0.15) is 11.1 Å². The minimum Gasteiger partial charge on any atom is -0.324 e. The maximum atomic E-state index is 12.2. The van der Waals surface area contributed by atoms with E-state index in [9.17, 15) is 9.59 Å². The van der Waals surface area contributed by atoms with Crippen LogP contribution in [0.25, 0.3) is 0 Å². The summed E-state index contributed by atoms with van der Waals surface area (Å²) in [6.45, 7) is 3.82. The number of hydrogen-bond donors (Lipinski definition) is 2. The molecule has 0 heterocycles. The topological polar surface area (TPSA) is 61.4 Å². The van der Waals surface area contributed by atoms with E-state index in [1.165, 1.54) is 4.90 Å². The first-order valence-corrected chi connectivity index (χ1v) is 7.40. The lowest BCUT2D eigenvalue weighted by Crippen LogP contribution is -2.37. The molecule has 0 radical (unpaired) electrons. The maximum absolute atomic E-state index is 12.2. The number of benzene rings is 2. The summed E-state index contributed by atoms with van der Waals surface area (Å²) in [7, 11) is 1.59. The summed E-state index contributed by atoms with van der Waals surface area (Å²) in [4.78, 5) is 25.6. The molecule has 0 atom stereocenters. The number of likely N-dealkylation sites (N-methyl/N-ethyl adjacent to an activating group) is 1. The van der Waals surface area contributed by atoms with Crippen molar-refractivity contribution in [3.05, 3.63) is 59.7 Å². The number of nitrogens with one attached hydrogen (secondary N) is 2. The van der Waals surface area contributed by atoms with Gasteiger partial charge in [-0.05, 0) is 37.1 Å². The number of para-hydroxylation sites is 2. The van der Waals surface area contributed by atoms with Gasteiger partial charge in [-0.1, -0.05) is 36.4 Å². The van der Waals surface area contributed by atoms with E-state index >= 15 is 0 Å². The first kappa shape index (κ1) is 16.5. The fourth-order valence-corrected chi connectivity index (χ4v) is 2.11. The summed E-state index contributed by atoms with van der Waals surface area (Å²) in [5.41, 5.74) is 3.44. The summed E-state index contributed by atoms with van der Waals surface area (Å²) < 4.78 is 0. The van der Waals surface area contributed by atoms with Gasteiger partial charge in [0.15, 0.2) is 0 Å². The molecule has 5 nitrogen and oxygen atoms in total. The number of amides is 3. The lowest BCUT2D eigenvalue weighted by atomic mass is 10.2. The molecule has 0 saturated heterocycles. The summed E-state index contributed by atoms with van der Waals surface area (Å²) in [6.07, 6.45) is 0. The number of rotatable bonds is 4. The molecule has 2 aromatic carbocycles. The van der Waals surface area contributed by atoms with Gasteiger partial charge in [0.05, 0.1) is 0 Å². The predicted octanol–water partition coefficient (Wildman–Crippen LogP) is 3.41. The summed E-state index contributed by atoms with van der Waals surface area (Å²) in [5, 5.41) is 5.61. The third-order valence-corrected chi connectivity index (χ3v) is 3.53. The van der Waals surface area contributed by atoms with Crippen LogP contribution in [-0.2, 0) is 4.79 Å². The normalized spacial score (nSPS) is 10.0. The molecule has 0 aromatic heterocycles. The van der Waals surface area contributed by atoms with Crippen molar-refractivity contribution in [3.8, 4) is 0 Å². The third-order valence-electron chi connectivity index (χ3n) is 3.53. The molecule has 0 saturated carbocycles. The van der Waals surface area contributed by atoms with Crippen molar-refractivity contribution in [2.45, 2.75) is 13.8 Å². The molecule has 120 valence electrons. The summed E-state index contributed by atoms with van der Waals surface area (Å²) in [5.74, 6) is -0.235. The van der Waals surface area contributed by atoms with Crippen molar-refractivity contribution in [3.63, 3.8) is 0 Å². The van der Waals surface area contributed by atoms with E-state index in [0.29, 0.717) is 0 Å². The van der Waals surface area contributed by atoms with E-state index < -0.39 is 0 Å². The number of anilines is 2. The van der Waals surface area contributed by atoms with Crippen molar-refractivity contribution in [2.24, 2.45) is 0 Å². The van der Waals surface area contributed by atoms with E-state index in [2.05, 4.69) is 10.6 Å². The van der Waals surface area contributed by atoms with Crippen LogP contribution in [0.5, 0.6) is 0 Å². The van der Waals surface area contributed by atoms with E-state index in [-0.39, 0.29) is 18.5 Å². The molecule has 5 heteroatoms. The average Bonchev–Trinajstić information content (AvgIpc) is 2.51. The minimum absolute atomic E-state index is 0.0218. The van der Waals surface area contributed by atoms with Crippen LogP contribution in [0.3, 0.4) is 0 Å². The lowest BCUT2D eigenvalue weighted by Gasteiger charge is -2.18. The second-order valence-electron chi connectivity index (χ2n) is 5.46. The van der Waals surface area contributed by atoms with Crippen LogP contribution in [0, 0.1) is 13.8 Å². The Kier molecular flexibility index (Phi) is 5.36. The number of carbonyl (C=O) groups is 2. The smallest absolute Gasteiger partial charge is 0.322 e. The highest BCUT2D eigenvalue weighted by atomic mass is 16.2. The summed E-state index contributed by atoms with van der Waals surface area (Å²) >= 11 is 0. The Hall–Kier alpha value is -2.82. The SMILES string of the molecule is Cc1ccccc1NC(=O)CN(C)C(=O)Nc1ccccc1C. The zero-order valence-corrected chi connectivity index (χ0v) is 13.6. The molecule has 0 spiro atoms. The van der Waals surface area contributed by atoms with Crippen LogP contribution in [0.15, 0.2) is 48.5 Å². The molecule has 2 N–H and O–H groups in total.